The van der Waals surface area contributed by atoms with Crippen LogP contribution >= 0.6 is 21.6 Å². The molecule has 0 atom stereocenters. The monoisotopic (exact) mass is 1010 g/mol. The number of rotatable bonds is 65. The summed E-state index contributed by atoms with van der Waals surface area (Å²) in [5.74, 6) is 2.61. The van der Waals surface area contributed by atoms with E-state index in [1.54, 1.807) is 12.2 Å². The van der Waals surface area contributed by atoms with Crippen LogP contribution in [0.15, 0.2) is 25.3 Å². The standard InChI is InChI=1S/C52H102O14S2/c1-3-23-53-27-31-57-35-39-61-43-47-65-49-45-63-41-37-59-33-29-55-25-19-15-11-7-5-9-13-17-21-51-67-68-52-22-18-14-10-6-8-12-16-20-26-56-30-34-60-38-42-64-46-50-66-48-44-62-40-36-58-32-28-54-24-4-2/h3-4H,1-2,5-52H2. The molecule has 16 heteroatoms. The molecular formula is C52H102O14S2. The fourth-order valence-electron chi connectivity index (χ4n) is 6.30. The van der Waals surface area contributed by atoms with Gasteiger partial charge in [-0.15, -0.1) is 13.2 Å². The van der Waals surface area contributed by atoms with Crippen molar-refractivity contribution in [2.45, 2.75) is 116 Å². The first-order chi connectivity index (χ1) is 33.9. The maximum Gasteiger partial charge on any atom is 0.0704 e. The Morgan fingerprint density at radius 3 is 0.559 bits per heavy atom. The molecule has 0 aromatic carbocycles. The van der Waals surface area contributed by atoms with E-state index in [1.807, 2.05) is 0 Å². The van der Waals surface area contributed by atoms with Gasteiger partial charge in [-0.1, -0.05) is 124 Å². The van der Waals surface area contributed by atoms with Crippen molar-refractivity contribution in [3.8, 4) is 0 Å². The van der Waals surface area contributed by atoms with Crippen molar-refractivity contribution < 1.29 is 66.3 Å². The van der Waals surface area contributed by atoms with E-state index in [1.165, 1.54) is 114 Å². The smallest absolute Gasteiger partial charge is 0.0704 e. The van der Waals surface area contributed by atoms with Crippen LogP contribution in [0.3, 0.4) is 0 Å². The molecule has 0 spiro atoms. The van der Waals surface area contributed by atoms with Crippen LogP contribution in [-0.4, -0.2) is 196 Å². The van der Waals surface area contributed by atoms with Crippen molar-refractivity contribution in [1.29, 1.82) is 0 Å². The number of hydrogen-bond donors (Lipinski definition) is 0. The Labute approximate surface area is 423 Å². The number of hydrogen-bond acceptors (Lipinski definition) is 16. The van der Waals surface area contributed by atoms with Crippen molar-refractivity contribution in [2.24, 2.45) is 0 Å². The molecule has 0 aromatic rings. The molecule has 0 aromatic heterocycles. The first-order valence-electron chi connectivity index (χ1n) is 26.5. The zero-order valence-electron chi connectivity index (χ0n) is 43.0. The Balaban J connectivity index is 3.07. The highest BCUT2D eigenvalue weighted by Gasteiger charge is 2.00. The van der Waals surface area contributed by atoms with Crippen LogP contribution in [0.4, 0.5) is 0 Å². The minimum absolute atomic E-state index is 0.546. The molecule has 68 heavy (non-hydrogen) atoms. The van der Waals surface area contributed by atoms with E-state index in [0.717, 1.165) is 26.1 Å². The molecule has 0 fully saturated rings. The van der Waals surface area contributed by atoms with Crippen molar-refractivity contribution >= 4 is 21.6 Å². The Bertz CT molecular complexity index is 846. The Morgan fingerprint density at radius 1 is 0.191 bits per heavy atom. The minimum atomic E-state index is 0.546. The topological polar surface area (TPSA) is 129 Å². The predicted molar refractivity (Wildman–Crippen MR) is 280 cm³/mol. The summed E-state index contributed by atoms with van der Waals surface area (Å²) in [6.45, 7) is 23.6. The zero-order chi connectivity index (χ0) is 48.7. The van der Waals surface area contributed by atoms with Gasteiger partial charge in [0, 0.05) is 24.7 Å². The van der Waals surface area contributed by atoms with Crippen molar-refractivity contribution in [2.75, 3.05) is 196 Å². The fraction of sp³-hybridized carbons (Fsp3) is 0.923. The lowest BCUT2D eigenvalue weighted by Crippen LogP contribution is -2.14. The number of unbranched alkanes of at least 4 members (excludes halogenated alkanes) is 16. The van der Waals surface area contributed by atoms with Crippen molar-refractivity contribution in [3.05, 3.63) is 25.3 Å². The summed E-state index contributed by atoms with van der Waals surface area (Å²) in [6, 6.07) is 0. The van der Waals surface area contributed by atoms with Gasteiger partial charge in [0.05, 0.1) is 172 Å². The molecule has 0 bridgehead atoms. The van der Waals surface area contributed by atoms with E-state index in [0.29, 0.717) is 172 Å². The van der Waals surface area contributed by atoms with E-state index in [4.69, 9.17) is 66.3 Å². The highest BCUT2D eigenvalue weighted by atomic mass is 33.1. The second-order valence-corrected chi connectivity index (χ2v) is 18.8. The van der Waals surface area contributed by atoms with E-state index in [9.17, 15) is 0 Å². The Kier molecular flexibility index (Phi) is 66.2. The molecule has 406 valence electrons. The lowest BCUT2D eigenvalue weighted by Gasteiger charge is -2.08. The molecule has 0 unspecified atom stereocenters. The van der Waals surface area contributed by atoms with Crippen LogP contribution < -0.4 is 0 Å². The van der Waals surface area contributed by atoms with Gasteiger partial charge < -0.3 is 66.3 Å². The van der Waals surface area contributed by atoms with Gasteiger partial charge in [0.2, 0.25) is 0 Å². The normalized spacial score (nSPS) is 11.6. The molecule has 0 saturated carbocycles. The van der Waals surface area contributed by atoms with Crippen LogP contribution in [0.2, 0.25) is 0 Å². The molecule has 0 aliphatic rings. The SMILES string of the molecule is C=CCOCCOCCOCCOCCOCCOCCOCCCCCCCCCCCSSCCCCCCCCCCCOCCOCCOCCOCCOCCOCCOCC=C. The third-order valence-corrected chi connectivity index (χ3v) is 12.6. The van der Waals surface area contributed by atoms with Crippen LogP contribution in [0.1, 0.15) is 116 Å². The maximum absolute atomic E-state index is 5.72. The molecule has 0 N–H and O–H groups in total. The largest absolute Gasteiger partial charge is 0.379 e. The highest BCUT2D eigenvalue weighted by molar-refractivity contribution is 8.76. The van der Waals surface area contributed by atoms with E-state index in [-0.39, 0.29) is 0 Å². The average Bonchev–Trinajstić information content (AvgIpc) is 3.35. The quantitative estimate of drug-likeness (QED) is 0.0325. The summed E-state index contributed by atoms with van der Waals surface area (Å²) in [5.41, 5.74) is 0. The third-order valence-electron chi connectivity index (χ3n) is 10.1. The lowest BCUT2D eigenvalue weighted by molar-refractivity contribution is -0.0198. The molecule has 0 aliphatic heterocycles. The summed E-state index contributed by atoms with van der Waals surface area (Å²) in [6.07, 6.45) is 27.4. The first kappa shape index (κ1) is 67.6. The molecule has 0 heterocycles. The van der Waals surface area contributed by atoms with Gasteiger partial charge in [0.1, 0.15) is 0 Å². The lowest BCUT2D eigenvalue weighted by atomic mass is 10.1. The minimum Gasteiger partial charge on any atom is -0.379 e. The summed E-state index contributed by atoms with van der Waals surface area (Å²) in [7, 11) is 4.17. The van der Waals surface area contributed by atoms with Crippen molar-refractivity contribution in [3.63, 3.8) is 0 Å². The molecule has 0 radical (unpaired) electrons. The first-order valence-corrected chi connectivity index (χ1v) is 28.9. The summed E-state index contributed by atoms with van der Waals surface area (Å²) < 4.78 is 76.9. The number of ether oxygens (including phenoxy) is 14. The third kappa shape index (κ3) is 65.6. The predicted octanol–water partition coefficient (Wildman–Crippen LogP) is 9.99. The molecule has 0 amide bonds. The van der Waals surface area contributed by atoms with E-state index in [2.05, 4.69) is 34.7 Å². The average molecular weight is 1020 g/mol. The zero-order valence-corrected chi connectivity index (χ0v) is 44.7. The van der Waals surface area contributed by atoms with Crippen molar-refractivity contribution in [1.82, 2.24) is 0 Å². The van der Waals surface area contributed by atoms with Gasteiger partial charge in [-0.05, 0) is 25.7 Å². The van der Waals surface area contributed by atoms with Gasteiger partial charge in [-0.25, -0.2) is 0 Å². The molecule has 0 rings (SSSR count). The van der Waals surface area contributed by atoms with E-state index >= 15 is 0 Å². The summed E-state index contributed by atoms with van der Waals surface area (Å²) in [5, 5.41) is 0. The Hall–Kier alpha value is -0.380. The molecule has 0 aliphatic carbocycles. The van der Waals surface area contributed by atoms with Gasteiger partial charge in [-0.2, -0.15) is 0 Å². The van der Waals surface area contributed by atoms with Gasteiger partial charge in [0.25, 0.3) is 0 Å². The van der Waals surface area contributed by atoms with Gasteiger partial charge >= 0.3 is 0 Å². The Morgan fingerprint density at radius 2 is 0.353 bits per heavy atom. The molecule has 0 saturated heterocycles. The summed E-state index contributed by atoms with van der Waals surface area (Å²) >= 11 is 0. The second-order valence-electron chi connectivity index (χ2n) is 16.1. The highest BCUT2D eigenvalue weighted by Crippen LogP contribution is 2.25. The summed E-state index contributed by atoms with van der Waals surface area (Å²) in [4.78, 5) is 0. The van der Waals surface area contributed by atoms with Crippen LogP contribution in [0.25, 0.3) is 0 Å². The van der Waals surface area contributed by atoms with Gasteiger partial charge in [-0.3, -0.25) is 0 Å². The fourth-order valence-corrected chi connectivity index (χ4v) is 8.59. The molecular weight excluding hydrogens is 913 g/mol. The van der Waals surface area contributed by atoms with E-state index < -0.39 is 0 Å². The van der Waals surface area contributed by atoms with Crippen LogP contribution in [0, 0.1) is 0 Å². The maximum atomic E-state index is 5.72. The van der Waals surface area contributed by atoms with Crippen LogP contribution in [-0.2, 0) is 66.3 Å². The molecule has 14 nitrogen and oxygen atoms in total. The second kappa shape index (κ2) is 66.6. The van der Waals surface area contributed by atoms with Gasteiger partial charge in [0.15, 0.2) is 0 Å². The van der Waals surface area contributed by atoms with Crippen LogP contribution in [0.5, 0.6) is 0 Å².